The van der Waals surface area contributed by atoms with Crippen LogP contribution in [-0.4, -0.2) is 42.2 Å². The van der Waals surface area contributed by atoms with Crippen molar-refractivity contribution >= 4 is 28.4 Å². The molecule has 5 rings (SSSR count). The molecule has 0 unspecified atom stereocenters. The molecular formula is C30H31N3O4. The third-order valence-corrected chi connectivity index (χ3v) is 6.85. The molecule has 1 atom stereocenters. The zero-order valence-corrected chi connectivity index (χ0v) is 21.1. The molecule has 0 radical (unpaired) electrons. The van der Waals surface area contributed by atoms with Crippen molar-refractivity contribution in [2.45, 2.75) is 31.9 Å². The van der Waals surface area contributed by atoms with Crippen molar-refractivity contribution in [3.63, 3.8) is 0 Å². The van der Waals surface area contributed by atoms with E-state index in [1.54, 1.807) is 31.4 Å². The second-order valence-electron chi connectivity index (χ2n) is 9.64. The summed E-state index contributed by atoms with van der Waals surface area (Å²) in [6.45, 7) is 3.78. The molecule has 2 amide bonds. The predicted molar refractivity (Wildman–Crippen MR) is 144 cm³/mol. The van der Waals surface area contributed by atoms with Gasteiger partial charge < -0.3 is 24.7 Å². The third-order valence-electron chi connectivity index (χ3n) is 6.85. The maximum Gasteiger partial charge on any atom is 0.268 e. The highest BCUT2D eigenvalue weighted by Gasteiger charge is 2.30. The summed E-state index contributed by atoms with van der Waals surface area (Å²) in [5, 5.41) is 6.91. The fourth-order valence-electron chi connectivity index (χ4n) is 4.75. The number of carbonyl (C=O) groups is 2. The fourth-order valence-corrected chi connectivity index (χ4v) is 4.75. The minimum Gasteiger partial charge on any atom is -0.497 e. The van der Waals surface area contributed by atoms with Gasteiger partial charge in [-0.1, -0.05) is 30.3 Å². The van der Waals surface area contributed by atoms with E-state index in [-0.39, 0.29) is 17.4 Å². The molecule has 4 aromatic rings. The van der Waals surface area contributed by atoms with E-state index in [1.165, 1.54) is 0 Å². The molecule has 0 saturated carbocycles. The van der Waals surface area contributed by atoms with E-state index in [0.29, 0.717) is 35.8 Å². The summed E-state index contributed by atoms with van der Waals surface area (Å²) < 4.78 is 13.0. The van der Waals surface area contributed by atoms with Crippen molar-refractivity contribution in [3.05, 3.63) is 95.7 Å². The van der Waals surface area contributed by atoms with Crippen LogP contribution < -0.4 is 15.4 Å². The van der Waals surface area contributed by atoms with Crippen LogP contribution in [0.15, 0.2) is 78.9 Å². The van der Waals surface area contributed by atoms with Crippen molar-refractivity contribution in [3.8, 4) is 5.75 Å². The van der Waals surface area contributed by atoms with E-state index in [2.05, 4.69) is 10.6 Å². The Bertz CT molecular complexity index is 1400. The molecule has 0 bridgehead atoms. The first-order valence-corrected chi connectivity index (χ1v) is 12.5. The van der Waals surface area contributed by atoms with E-state index in [4.69, 9.17) is 9.47 Å². The van der Waals surface area contributed by atoms with Gasteiger partial charge in [0.05, 0.1) is 12.7 Å². The maximum atomic E-state index is 13.4. The van der Waals surface area contributed by atoms with E-state index >= 15 is 0 Å². The Morgan fingerprint density at radius 2 is 1.78 bits per heavy atom. The fraction of sp³-hybridized carbons (Fsp3) is 0.267. The van der Waals surface area contributed by atoms with E-state index in [9.17, 15) is 9.59 Å². The van der Waals surface area contributed by atoms with Gasteiger partial charge in [-0.3, -0.25) is 9.59 Å². The molecule has 2 heterocycles. The van der Waals surface area contributed by atoms with Crippen LogP contribution in [0.1, 0.15) is 46.2 Å². The van der Waals surface area contributed by atoms with Crippen molar-refractivity contribution < 1.29 is 19.1 Å². The van der Waals surface area contributed by atoms with Gasteiger partial charge in [0.1, 0.15) is 11.4 Å². The third kappa shape index (κ3) is 5.52. The molecule has 0 aliphatic carbocycles. The van der Waals surface area contributed by atoms with Gasteiger partial charge in [-0.25, -0.2) is 0 Å². The molecule has 37 heavy (non-hydrogen) atoms. The average Bonchev–Trinajstić information content (AvgIpc) is 3.51. The number of carbonyl (C=O) groups excluding carboxylic acids is 2. The van der Waals surface area contributed by atoms with E-state index in [0.717, 1.165) is 35.9 Å². The quantitative estimate of drug-likeness (QED) is 0.348. The van der Waals surface area contributed by atoms with Crippen LogP contribution in [0, 0.1) is 0 Å². The Balaban J connectivity index is 1.42. The van der Waals surface area contributed by atoms with Crippen LogP contribution >= 0.6 is 0 Å². The normalized spacial score (nSPS) is 17.0. The first-order chi connectivity index (χ1) is 17.9. The highest BCUT2D eigenvalue weighted by molar-refractivity contribution is 6.06. The van der Waals surface area contributed by atoms with Crippen molar-refractivity contribution in [1.82, 2.24) is 9.88 Å². The number of amides is 2. The molecule has 1 aliphatic heterocycles. The number of methoxy groups -OCH3 is 1. The van der Waals surface area contributed by atoms with Crippen LogP contribution in [0.3, 0.4) is 0 Å². The number of hydrogen-bond donors (Lipinski definition) is 2. The maximum absolute atomic E-state index is 13.4. The SMILES string of the molecule is COc1ccc(C(=O)Nc2ccc3c(c2)cc(C(=O)NC[C@]2(C)CCCO2)n3Cc2ccccc2)cc1. The average molecular weight is 498 g/mol. The van der Waals surface area contributed by atoms with Crippen LogP contribution in [0.2, 0.25) is 0 Å². The topological polar surface area (TPSA) is 81.6 Å². The minimum absolute atomic E-state index is 0.146. The molecule has 190 valence electrons. The standard InChI is InChI=1S/C30H31N3O4/c1-30(15-6-16-37-30)20-31-29(35)27-18-23-17-24(32-28(34)22-9-12-25(36-2)13-10-22)11-14-26(23)33(27)19-21-7-4-3-5-8-21/h3-5,7-14,17-18H,6,15-16,19-20H2,1-2H3,(H,31,35)(H,32,34)/t30-/m0/s1. The molecule has 1 fully saturated rings. The number of rotatable bonds is 8. The van der Waals surface area contributed by atoms with Gasteiger partial charge in [0.15, 0.2) is 0 Å². The molecule has 7 heteroatoms. The van der Waals surface area contributed by atoms with Crippen molar-refractivity contribution in [2.75, 3.05) is 25.6 Å². The number of nitrogens with one attached hydrogen (secondary N) is 2. The number of hydrogen-bond acceptors (Lipinski definition) is 4. The van der Waals surface area contributed by atoms with E-state index < -0.39 is 0 Å². The lowest BCUT2D eigenvalue weighted by Crippen LogP contribution is -2.40. The molecule has 3 aromatic carbocycles. The minimum atomic E-state index is -0.329. The first-order valence-electron chi connectivity index (χ1n) is 12.5. The predicted octanol–water partition coefficient (Wildman–Crippen LogP) is 5.25. The zero-order chi connectivity index (χ0) is 25.8. The summed E-state index contributed by atoms with van der Waals surface area (Å²) in [6.07, 6.45) is 1.93. The number of benzene rings is 3. The summed E-state index contributed by atoms with van der Waals surface area (Å²) in [5.74, 6) is 0.332. The van der Waals surface area contributed by atoms with Gasteiger partial charge in [0.2, 0.25) is 0 Å². The second-order valence-corrected chi connectivity index (χ2v) is 9.64. The molecule has 7 nitrogen and oxygen atoms in total. The van der Waals surface area contributed by atoms with Crippen molar-refractivity contribution in [2.24, 2.45) is 0 Å². The summed E-state index contributed by atoms with van der Waals surface area (Å²) in [5.41, 5.74) is 3.44. The van der Waals surface area contributed by atoms with Crippen LogP contribution in [0.4, 0.5) is 5.69 Å². The van der Waals surface area contributed by atoms with Gasteiger partial charge in [-0.15, -0.1) is 0 Å². The second kappa shape index (κ2) is 10.5. The lowest BCUT2D eigenvalue weighted by molar-refractivity contribution is 0.0205. The summed E-state index contributed by atoms with van der Waals surface area (Å²) in [4.78, 5) is 26.1. The molecule has 1 aliphatic rings. The summed E-state index contributed by atoms with van der Waals surface area (Å²) >= 11 is 0. The van der Waals surface area contributed by atoms with E-state index in [1.807, 2.05) is 66.1 Å². The van der Waals surface area contributed by atoms with Crippen LogP contribution in [0.25, 0.3) is 10.9 Å². The lowest BCUT2D eigenvalue weighted by atomic mass is 10.0. The smallest absolute Gasteiger partial charge is 0.268 e. The van der Waals surface area contributed by atoms with Crippen molar-refractivity contribution in [1.29, 1.82) is 0 Å². The van der Waals surface area contributed by atoms with Gasteiger partial charge in [0.25, 0.3) is 11.8 Å². The Labute approximate surface area is 216 Å². The summed E-state index contributed by atoms with van der Waals surface area (Å²) in [6, 6.07) is 24.6. The number of anilines is 1. The Hall–Kier alpha value is -4.10. The number of aromatic nitrogens is 1. The molecular weight excluding hydrogens is 466 g/mol. The number of ether oxygens (including phenoxy) is 2. The monoisotopic (exact) mass is 497 g/mol. The Morgan fingerprint density at radius 3 is 2.49 bits per heavy atom. The molecule has 2 N–H and O–H groups in total. The number of fused-ring (bicyclic) bond motifs is 1. The lowest BCUT2D eigenvalue weighted by Gasteiger charge is -2.23. The van der Waals surface area contributed by atoms with Crippen LogP contribution in [0.5, 0.6) is 5.75 Å². The van der Waals surface area contributed by atoms with Gasteiger partial charge >= 0.3 is 0 Å². The molecule has 0 spiro atoms. The highest BCUT2D eigenvalue weighted by atomic mass is 16.5. The van der Waals surface area contributed by atoms with Gasteiger partial charge in [-0.05, 0) is 73.9 Å². The zero-order valence-electron chi connectivity index (χ0n) is 21.1. The Kier molecular flexibility index (Phi) is 6.97. The highest BCUT2D eigenvalue weighted by Crippen LogP contribution is 2.27. The van der Waals surface area contributed by atoms with Gasteiger partial charge in [-0.2, -0.15) is 0 Å². The molecule has 1 saturated heterocycles. The van der Waals surface area contributed by atoms with Gasteiger partial charge in [0, 0.05) is 41.9 Å². The largest absolute Gasteiger partial charge is 0.497 e. The Morgan fingerprint density at radius 1 is 1.00 bits per heavy atom. The summed E-state index contributed by atoms with van der Waals surface area (Å²) in [7, 11) is 1.59. The van der Waals surface area contributed by atoms with Crippen LogP contribution in [-0.2, 0) is 11.3 Å². The first kappa shape index (κ1) is 24.6. The number of nitrogens with zero attached hydrogens (tertiary/aromatic N) is 1. The molecule has 1 aromatic heterocycles.